The third-order valence-electron chi connectivity index (χ3n) is 4.10. The first kappa shape index (κ1) is 19.2. The maximum atomic E-state index is 13.1. The van der Waals surface area contributed by atoms with Crippen LogP contribution in [0.2, 0.25) is 10.0 Å². The molecule has 1 aliphatic rings. The molecule has 0 bridgehead atoms. The van der Waals surface area contributed by atoms with E-state index in [0.717, 1.165) is 0 Å². The molecule has 0 aliphatic heterocycles. The zero-order valence-corrected chi connectivity index (χ0v) is 14.5. The van der Waals surface area contributed by atoms with E-state index in [0.29, 0.717) is 19.3 Å². The fourth-order valence-electron chi connectivity index (χ4n) is 2.81. The Bertz CT molecular complexity index is 595. The minimum absolute atomic E-state index is 0.0316. The summed E-state index contributed by atoms with van der Waals surface area (Å²) in [6.07, 6.45) is -3.80. The van der Waals surface area contributed by atoms with Gasteiger partial charge in [-0.2, -0.15) is 13.2 Å². The van der Waals surface area contributed by atoms with Crippen LogP contribution in [0.5, 0.6) is 5.75 Å². The smallest absolute Gasteiger partial charge is 0.393 e. The molecule has 8 heteroatoms. The first-order valence-electron chi connectivity index (χ1n) is 7.68. The lowest BCUT2D eigenvalue weighted by molar-refractivity contribution is -0.189. The number of hydrogen-bond donors (Lipinski definition) is 1. The largest absolute Gasteiger partial charge is 0.479 e. The summed E-state index contributed by atoms with van der Waals surface area (Å²) in [6.45, 7) is 1.46. The highest BCUT2D eigenvalue weighted by Gasteiger charge is 2.46. The quantitative estimate of drug-likeness (QED) is 0.794. The van der Waals surface area contributed by atoms with E-state index in [1.165, 1.54) is 13.0 Å². The second-order valence-electron chi connectivity index (χ2n) is 5.86. The van der Waals surface area contributed by atoms with Crippen LogP contribution in [0, 0.1) is 5.92 Å². The second kappa shape index (κ2) is 7.83. The fraction of sp³-hybridized carbons (Fsp3) is 0.562. The van der Waals surface area contributed by atoms with Gasteiger partial charge in [-0.05, 0) is 31.9 Å². The fourth-order valence-corrected chi connectivity index (χ4v) is 3.15. The lowest BCUT2D eigenvalue weighted by Crippen LogP contribution is -2.50. The molecule has 0 spiro atoms. The number of halogens is 5. The molecule has 0 aromatic heterocycles. The molecule has 3 unspecified atom stereocenters. The van der Waals surface area contributed by atoms with Gasteiger partial charge in [-0.15, -0.1) is 0 Å². The van der Waals surface area contributed by atoms with Crippen molar-refractivity contribution in [3.8, 4) is 5.75 Å². The highest BCUT2D eigenvalue weighted by Crippen LogP contribution is 2.38. The van der Waals surface area contributed by atoms with Crippen LogP contribution in [0.25, 0.3) is 0 Å². The third-order valence-corrected chi connectivity index (χ3v) is 4.90. The average molecular weight is 384 g/mol. The number of nitrogens with one attached hydrogen (secondary N) is 1. The Labute approximate surface area is 148 Å². The van der Waals surface area contributed by atoms with Gasteiger partial charge in [0.05, 0.1) is 10.9 Å². The van der Waals surface area contributed by atoms with Gasteiger partial charge in [-0.25, -0.2) is 0 Å². The van der Waals surface area contributed by atoms with Crippen molar-refractivity contribution in [2.24, 2.45) is 5.92 Å². The molecule has 1 aromatic rings. The molecule has 3 nitrogen and oxygen atoms in total. The van der Waals surface area contributed by atoms with Gasteiger partial charge in [-0.1, -0.05) is 42.1 Å². The predicted octanol–water partition coefficient (Wildman–Crippen LogP) is 5.00. The van der Waals surface area contributed by atoms with Crippen molar-refractivity contribution in [3.63, 3.8) is 0 Å². The van der Waals surface area contributed by atoms with E-state index >= 15 is 0 Å². The van der Waals surface area contributed by atoms with Gasteiger partial charge in [0.2, 0.25) is 0 Å². The van der Waals surface area contributed by atoms with Crippen LogP contribution in [0.4, 0.5) is 13.2 Å². The zero-order chi connectivity index (χ0) is 17.9. The zero-order valence-electron chi connectivity index (χ0n) is 13.0. The van der Waals surface area contributed by atoms with Crippen molar-refractivity contribution < 1.29 is 22.7 Å². The van der Waals surface area contributed by atoms with Crippen molar-refractivity contribution in [3.05, 3.63) is 28.2 Å². The van der Waals surface area contributed by atoms with Gasteiger partial charge in [0.1, 0.15) is 10.8 Å². The molecule has 1 saturated carbocycles. The normalized spacial score (nSPS) is 22.8. The molecule has 0 saturated heterocycles. The summed E-state index contributed by atoms with van der Waals surface area (Å²) in [5, 5.41) is 2.90. The SMILES string of the molecule is CC(Oc1cccc(Cl)c1Cl)C(=O)NC1CCCCC1C(F)(F)F. The molecule has 1 aliphatic carbocycles. The van der Waals surface area contributed by atoms with E-state index < -0.39 is 30.1 Å². The number of benzene rings is 1. The first-order chi connectivity index (χ1) is 11.2. The van der Waals surface area contributed by atoms with Crippen LogP contribution >= 0.6 is 23.2 Å². The monoisotopic (exact) mass is 383 g/mol. The minimum atomic E-state index is -4.32. The summed E-state index contributed by atoms with van der Waals surface area (Å²) < 4.78 is 44.7. The Hall–Kier alpha value is -1.14. The van der Waals surface area contributed by atoms with E-state index in [2.05, 4.69) is 5.32 Å². The number of hydrogen-bond acceptors (Lipinski definition) is 2. The Morgan fingerprint density at radius 3 is 2.62 bits per heavy atom. The lowest BCUT2D eigenvalue weighted by Gasteiger charge is -2.34. The van der Waals surface area contributed by atoms with Crippen molar-refractivity contribution in [1.82, 2.24) is 5.32 Å². The first-order valence-corrected chi connectivity index (χ1v) is 8.43. The number of alkyl halides is 3. The Morgan fingerprint density at radius 2 is 1.96 bits per heavy atom. The molecule has 134 valence electrons. The van der Waals surface area contributed by atoms with Gasteiger partial charge in [0.25, 0.3) is 5.91 Å². The number of carbonyl (C=O) groups is 1. The number of rotatable bonds is 4. The van der Waals surface area contributed by atoms with Gasteiger partial charge < -0.3 is 10.1 Å². The molecule has 0 heterocycles. The molecular weight excluding hydrogens is 366 g/mol. The van der Waals surface area contributed by atoms with Crippen molar-refractivity contribution in [2.75, 3.05) is 0 Å². The maximum Gasteiger partial charge on any atom is 0.393 e. The number of ether oxygens (including phenoxy) is 1. The Balaban J connectivity index is 2.01. The van der Waals surface area contributed by atoms with Gasteiger partial charge >= 0.3 is 6.18 Å². The Kier molecular flexibility index (Phi) is 6.26. The maximum absolute atomic E-state index is 13.1. The summed E-state index contributed by atoms with van der Waals surface area (Å²) in [7, 11) is 0. The number of amides is 1. The number of carbonyl (C=O) groups excluding carboxylic acids is 1. The molecule has 1 aromatic carbocycles. The molecule has 3 atom stereocenters. The van der Waals surface area contributed by atoms with Crippen LogP contribution in [0.3, 0.4) is 0 Å². The van der Waals surface area contributed by atoms with E-state index in [-0.39, 0.29) is 22.2 Å². The highest BCUT2D eigenvalue weighted by atomic mass is 35.5. The van der Waals surface area contributed by atoms with E-state index in [4.69, 9.17) is 27.9 Å². The minimum Gasteiger partial charge on any atom is -0.479 e. The molecule has 1 N–H and O–H groups in total. The molecule has 24 heavy (non-hydrogen) atoms. The molecular formula is C16H18Cl2F3NO2. The third kappa shape index (κ3) is 4.70. The van der Waals surface area contributed by atoms with Crippen LogP contribution < -0.4 is 10.1 Å². The summed E-state index contributed by atoms with van der Waals surface area (Å²) >= 11 is 11.8. The van der Waals surface area contributed by atoms with Gasteiger partial charge in [0.15, 0.2) is 6.10 Å². The second-order valence-corrected chi connectivity index (χ2v) is 6.64. The van der Waals surface area contributed by atoms with Gasteiger partial charge in [0, 0.05) is 6.04 Å². The lowest BCUT2D eigenvalue weighted by atomic mass is 9.84. The van der Waals surface area contributed by atoms with E-state index in [9.17, 15) is 18.0 Å². The molecule has 1 fully saturated rings. The topological polar surface area (TPSA) is 38.3 Å². The summed E-state index contributed by atoms with van der Waals surface area (Å²) in [6, 6.07) is 3.79. The van der Waals surface area contributed by atoms with Crippen LogP contribution in [0.15, 0.2) is 18.2 Å². The van der Waals surface area contributed by atoms with Gasteiger partial charge in [-0.3, -0.25) is 4.79 Å². The molecule has 0 radical (unpaired) electrons. The summed E-state index contributed by atoms with van der Waals surface area (Å²) in [5.74, 6) is -1.91. The average Bonchev–Trinajstić information content (AvgIpc) is 2.51. The van der Waals surface area contributed by atoms with Crippen LogP contribution in [0.1, 0.15) is 32.6 Å². The standard InChI is InChI=1S/C16H18Cl2F3NO2/c1-9(24-13-8-4-6-11(17)14(13)18)15(23)22-12-7-3-2-5-10(12)16(19,20)21/h4,6,8-10,12H,2-3,5,7H2,1H3,(H,22,23). The van der Waals surface area contributed by atoms with Crippen molar-refractivity contribution in [2.45, 2.75) is 50.9 Å². The predicted molar refractivity (Wildman–Crippen MR) is 86.5 cm³/mol. The van der Waals surface area contributed by atoms with Crippen molar-refractivity contribution >= 4 is 29.1 Å². The van der Waals surface area contributed by atoms with E-state index in [1.54, 1.807) is 12.1 Å². The Morgan fingerprint density at radius 1 is 1.29 bits per heavy atom. The molecule has 1 amide bonds. The summed E-state index contributed by atoms with van der Waals surface area (Å²) in [4.78, 5) is 12.2. The van der Waals surface area contributed by atoms with E-state index in [1.807, 2.05) is 0 Å². The van der Waals surface area contributed by atoms with Crippen LogP contribution in [-0.4, -0.2) is 24.2 Å². The summed E-state index contributed by atoms with van der Waals surface area (Å²) in [5.41, 5.74) is 0. The van der Waals surface area contributed by atoms with Crippen molar-refractivity contribution in [1.29, 1.82) is 0 Å². The molecule has 2 rings (SSSR count). The highest BCUT2D eigenvalue weighted by molar-refractivity contribution is 6.42. The van der Waals surface area contributed by atoms with Crippen LogP contribution in [-0.2, 0) is 4.79 Å².